The van der Waals surface area contributed by atoms with E-state index in [1.165, 1.54) is 0 Å². The molecule has 68 valence electrons. The molecule has 0 bridgehead atoms. The predicted octanol–water partition coefficient (Wildman–Crippen LogP) is 0.145. The van der Waals surface area contributed by atoms with Crippen molar-refractivity contribution in [1.29, 1.82) is 0 Å². The van der Waals surface area contributed by atoms with Gasteiger partial charge in [0.05, 0.1) is 11.6 Å². The van der Waals surface area contributed by atoms with E-state index in [9.17, 15) is 4.57 Å². The van der Waals surface area contributed by atoms with Gasteiger partial charge in [-0.05, 0) is 0 Å². The van der Waals surface area contributed by atoms with Crippen molar-refractivity contribution in [2.45, 2.75) is 6.10 Å². The highest BCUT2D eigenvalue weighted by molar-refractivity contribution is 8.04. The van der Waals surface area contributed by atoms with Crippen molar-refractivity contribution in [3.05, 3.63) is 0 Å². The Morgan fingerprint density at radius 1 is 1.55 bits per heavy atom. The summed E-state index contributed by atoms with van der Waals surface area (Å²) in [6.07, 6.45) is -0.588. The SMILES string of the molecule is O=P(O)(O)CSCC(O)CS. The molecule has 0 heterocycles. The number of hydrogen-bond acceptors (Lipinski definition) is 4. The highest BCUT2D eigenvalue weighted by Gasteiger charge is 2.13. The Hall–Kier alpha value is 0.810. The first-order valence-electron chi connectivity index (χ1n) is 2.87. The van der Waals surface area contributed by atoms with Crippen LogP contribution in [0.3, 0.4) is 0 Å². The molecule has 0 saturated heterocycles. The molecule has 1 atom stereocenters. The van der Waals surface area contributed by atoms with E-state index in [2.05, 4.69) is 12.6 Å². The van der Waals surface area contributed by atoms with E-state index in [-0.39, 0.29) is 5.49 Å². The van der Waals surface area contributed by atoms with E-state index in [0.29, 0.717) is 11.5 Å². The van der Waals surface area contributed by atoms with Crippen LogP contribution in [0.4, 0.5) is 0 Å². The fourth-order valence-corrected chi connectivity index (χ4v) is 2.43. The molecule has 4 nitrogen and oxygen atoms in total. The zero-order valence-corrected chi connectivity index (χ0v) is 8.36. The van der Waals surface area contributed by atoms with Crippen LogP contribution in [0.15, 0.2) is 0 Å². The number of rotatable bonds is 5. The van der Waals surface area contributed by atoms with Crippen LogP contribution in [0.25, 0.3) is 0 Å². The van der Waals surface area contributed by atoms with Crippen molar-refractivity contribution < 1.29 is 19.5 Å². The van der Waals surface area contributed by atoms with Crippen LogP contribution in [-0.2, 0) is 4.57 Å². The minimum atomic E-state index is -3.91. The maximum absolute atomic E-state index is 10.3. The molecule has 0 aliphatic heterocycles. The molecule has 0 aliphatic carbocycles. The molecule has 0 rings (SSSR count). The van der Waals surface area contributed by atoms with Crippen molar-refractivity contribution in [2.75, 3.05) is 17.0 Å². The van der Waals surface area contributed by atoms with Gasteiger partial charge in [0.25, 0.3) is 0 Å². The van der Waals surface area contributed by atoms with Crippen LogP contribution in [0.2, 0.25) is 0 Å². The number of aliphatic hydroxyl groups is 1. The van der Waals surface area contributed by atoms with E-state index < -0.39 is 13.7 Å². The largest absolute Gasteiger partial charge is 0.391 e. The molecule has 1 unspecified atom stereocenters. The summed E-state index contributed by atoms with van der Waals surface area (Å²) in [5, 5.41) is 8.90. The molecule has 0 radical (unpaired) electrons. The summed E-state index contributed by atoms with van der Waals surface area (Å²) in [7, 11) is -3.91. The topological polar surface area (TPSA) is 77.8 Å². The molecule has 0 aromatic heterocycles. The monoisotopic (exact) mass is 218 g/mol. The third-order valence-electron chi connectivity index (χ3n) is 0.780. The molecule has 0 amide bonds. The number of thiol groups is 1. The quantitative estimate of drug-likeness (QED) is 0.390. The lowest BCUT2D eigenvalue weighted by atomic mass is 10.5. The highest BCUT2D eigenvalue weighted by Crippen LogP contribution is 2.38. The van der Waals surface area contributed by atoms with E-state index in [1.54, 1.807) is 0 Å². The van der Waals surface area contributed by atoms with Crippen molar-refractivity contribution >= 4 is 32.0 Å². The minimum Gasteiger partial charge on any atom is -0.391 e. The average Bonchev–Trinajstić information content (AvgIpc) is 1.85. The average molecular weight is 218 g/mol. The first-order valence-corrected chi connectivity index (χ1v) is 6.45. The Morgan fingerprint density at radius 3 is 2.45 bits per heavy atom. The Balaban J connectivity index is 3.35. The second-order valence-electron chi connectivity index (χ2n) is 2.00. The molecular weight excluding hydrogens is 207 g/mol. The Bertz CT molecular complexity index is 147. The van der Waals surface area contributed by atoms with Gasteiger partial charge in [-0.2, -0.15) is 12.6 Å². The van der Waals surface area contributed by atoms with Gasteiger partial charge in [-0.1, -0.05) is 0 Å². The first kappa shape index (κ1) is 11.8. The summed E-state index contributed by atoms with van der Waals surface area (Å²) in [5.74, 6) is 0.628. The third kappa shape index (κ3) is 8.72. The van der Waals surface area contributed by atoms with Gasteiger partial charge in [-0.15, -0.1) is 11.8 Å². The predicted molar refractivity (Wildman–Crippen MR) is 49.2 cm³/mol. The van der Waals surface area contributed by atoms with Crippen molar-refractivity contribution in [1.82, 2.24) is 0 Å². The smallest absolute Gasteiger partial charge is 0.335 e. The normalized spacial score (nSPS) is 14.9. The van der Waals surface area contributed by atoms with E-state index >= 15 is 0 Å². The lowest BCUT2D eigenvalue weighted by Gasteiger charge is -2.06. The second kappa shape index (κ2) is 5.45. The summed E-state index contributed by atoms with van der Waals surface area (Å²) in [6.45, 7) is 0. The molecule has 3 N–H and O–H groups in total. The third-order valence-corrected chi connectivity index (χ3v) is 3.90. The standard InChI is InChI=1S/C4H11O4PS2/c5-4(1-10)2-11-3-9(6,7)8/h4-5,10H,1-3H2,(H2,6,7,8). The van der Waals surface area contributed by atoms with Gasteiger partial charge in [-0.3, -0.25) is 4.57 Å². The maximum atomic E-state index is 10.3. The van der Waals surface area contributed by atoms with Crippen LogP contribution in [0.5, 0.6) is 0 Å². The lowest BCUT2D eigenvalue weighted by Crippen LogP contribution is -2.11. The Kier molecular flexibility index (Phi) is 5.86. The van der Waals surface area contributed by atoms with Gasteiger partial charge in [0.1, 0.15) is 0 Å². The number of aliphatic hydroxyl groups excluding tert-OH is 1. The molecule has 0 aromatic carbocycles. The molecule has 0 spiro atoms. The summed E-state index contributed by atoms with van der Waals surface area (Å²) >= 11 is 4.83. The molecule has 0 aromatic rings. The van der Waals surface area contributed by atoms with E-state index in [0.717, 1.165) is 11.8 Å². The van der Waals surface area contributed by atoms with E-state index in [4.69, 9.17) is 14.9 Å². The Morgan fingerprint density at radius 2 is 2.09 bits per heavy atom. The molecule has 0 saturated carbocycles. The molecule has 0 aliphatic rings. The van der Waals surface area contributed by atoms with Crippen molar-refractivity contribution in [3.8, 4) is 0 Å². The molecular formula is C4H11O4PS2. The lowest BCUT2D eigenvalue weighted by molar-refractivity contribution is 0.225. The van der Waals surface area contributed by atoms with Gasteiger partial charge in [0, 0.05) is 11.5 Å². The van der Waals surface area contributed by atoms with Crippen LogP contribution in [0, 0.1) is 0 Å². The fourth-order valence-electron chi connectivity index (χ4n) is 0.360. The number of hydrogen-bond donors (Lipinski definition) is 4. The summed E-state index contributed by atoms with van der Waals surface area (Å²) in [5.41, 5.74) is -0.238. The van der Waals surface area contributed by atoms with Crippen molar-refractivity contribution in [2.24, 2.45) is 0 Å². The summed E-state index contributed by atoms with van der Waals surface area (Å²) in [6, 6.07) is 0. The summed E-state index contributed by atoms with van der Waals surface area (Å²) < 4.78 is 10.3. The van der Waals surface area contributed by atoms with E-state index in [1.807, 2.05) is 0 Å². The fraction of sp³-hybridized carbons (Fsp3) is 1.00. The van der Waals surface area contributed by atoms with Gasteiger partial charge in [-0.25, -0.2) is 0 Å². The molecule has 7 heteroatoms. The van der Waals surface area contributed by atoms with Crippen LogP contribution < -0.4 is 0 Å². The first-order chi connectivity index (χ1) is 4.95. The summed E-state index contributed by atoms with van der Waals surface area (Å²) in [4.78, 5) is 16.8. The maximum Gasteiger partial charge on any atom is 0.335 e. The van der Waals surface area contributed by atoms with Gasteiger partial charge >= 0.3 is 7.60 Å². The second-order valence-corrected chi connectivity index (χ2v) is 5.47. The van der Waals surface area contributed by atoms with Gasteiger partial charge in [0.15, 0.2) is 0 Å². The van der Waals surface area contributed by atoms with Gasteiger partial charge in [0.2, 0.25) is 0 Å². The molecule has 0 fully saturated rings. The highest BCUT2D eigenvalue weighted by atomic mass is 32.2. The Labute approximate surface area is 75.0 Å². The number of thioether (sulfide) groups is 1. The van der Waals surface area contributed by atoms with Gasteiger partial charge < -0.3 is 14.9 Å². The van der Waals surface area contributed by atoms with Crippen LogP contribution in [-0.4, -0.2) is 38.0 Å². The zero-order valence-electron chi connectivity index (χ0n) is 5.75. The minimum absolute atomic E-state index is 0.238. The van der Waals surface area contributed by atoms with Crippen LogP contribution in [0.1, 0.15) is 0 Å². The molecule has 11 heavy (non-hydrogen) atoms. The zero-order chi connectivity index (χ0) is 8.91. The van der Waals surface area contributed by atoms with Crippen LogP contribution >= 0.6 is 32.0 Å². The van der Waals surface area contributed by atoms with Crippen molar-refractivity contribution in [3.63, 3.8) is 0 Å².